The molecule has 1 unspecified atom stereocenters. The van der Waals surface area contributed by atoms with Crippen molar-refractivity contribution in [1.29, 1.82) is 0 Å². The van der Waals surface area contributed by atoms with Crippen LogP contribution in [0.2, 0.25) is 0 Å². The van der Waals surface area contributed by atoms with Gasteiger partial charge in [-0.2, -0.15) is 0 Å². The molecule has 1 heteroatoms. The van der Waals surface area contributed by atoms with Crippen molar-refractivity contribution in [2.45, 2.75) is 31.7 Å². The zero-order valence-corrected chi connectivity index (χ0v) is 8.45. The third-order valence-corrected chi connectivity index (χ3v) is 2.83. The number of rotatable bonds is 2. The monoisotopic (exact) mass is 187 g/mol. The Morgan fingerprint density at radius 2 is 2.07 bits per heavy atom. The maximum atomic E-state index is 5.85. The number of hydrogen-bond donors (Lipinski definition) is 1. The van der Waals surface area contributed by atoms with Crippen molar-refractivity contribution in [3.63, 3.8) is 0 Å². The van der Waals surface area contributed by atoms with Gasteiger partial charge >= 0.3 is 0 Å². The van der Waals surface area contributed by atoms with E-state index < -0.39 is 0 Å². The van der Waals surface area contributed by atoms with E-state index in [1.54, 1.807) is 5.57 Å². The average molecular weight is 187 g/mol. The standard InChI is InChI=1S/C13H17N/c14-13-9-8-12(10-13)7-6-11-4-2-1-3-5-11/h1-5,7,13H,6,8-10,14H2. The van der Waals surface area contributed by atoms with Crippen molar-refractivity contribution in [1.82, 2.24) is 0 Å². The molecule has 14 heavy (non-hydrogen) atoms. The maximum Gasteiger partial charge on any atom is 0.00791 e. The van der Waals surface area contributed by atoms with Gasteiger partial charge in [0.05, 0.1) is 0 Å². The molecule has 0 aromatic heterocycles. The van der Waals surface area contributed by atoms with Crippen molar-refractivity contribution in [2.24, 2.45) is 5.73 Å². The summed E-state index contributed by atoms with van der Waals surface area (Å²) in [6, 6.07) is 11.0. The van der Waals surface area contributed by atoms with E-state index in [0.717, 1.165) is 12.8 Å². The second-order valence-electron chi connectivity index (χ2n) is 4.05. The van der Waals surface area contributed by atoms with Crippen molar-refractivity contribution in [2.75, 3.05) is 0 Å². The van der Waals surface area contributed by atoms with Gasteiger partial charge in [-0.1, -0.05) is 42.0 Å². The van der Waals surface area contributed by atoms with Crippen LogP contribution in [0, 0.1) is 0 Å². The Kier molecular flexibility index (Phi) is 3.00. The van der Waals surface area contributed by atoms with Crippen LogP contribution in [-0.2, 0) is 6.42 Å². The van der Waals surface area contributed by atoms with Crippen LogP contribution in [-0.4, -0.2) is 6.04 Å². The molecular weight excluding hydrogens is 170 g/mol. The molecular formula is C13H17N. The molecule has 1 atom stereocenters. The third-order valence-electron chi connectivity index (χ3n) is 2.83. The normalized spacial score (nSPS) is 24.4. The summed E-state index contributed by atoms with van der Waals surface area (Å²) >= 11 is 0. The summed E-state index contributed by atoms with van der Waals surface area (Å²) in [6.45, 7) is 0. The van der Waals surface area contributed by atoms with E-state index in [0.29, 0.717) is 6.04 Å². The van der Waals surface area contributed by atoms with Crippen molar-refractivity contribution in [3.05, 3.63) is 47.5 Å². The first-order valence-electron chi connectivity index (χ1n) is 5.32. The summed E-state index contributed by atoms with van der Waals surface area (Å²) < 4.78 is 0. The quantitative estimate of drug-likeness (QED) is 0.708. The van der Waals surface area contributed by atoms with Crippen LogP contribution < -0.4 is 5.73 Å². The lowest BCUT2D eigenvalue weighted by Gasteiger charge is -1.98. The summed E-state index contributed by atoms with van der Waals surface area (Å²) in [5.41, 5.74) is 8.79. The average Bonchev–Trinajstić information content (AvgIpc) is 2.63. The molecule has 1 aliphatic rings. The van der Waals surface area contributed by atoms with Crippen LogP contribution >= 0.6 is 0 Å². The zero-order valence-electron chi connectivity index (χ0n) is 8.45. The highest BCUT2D eigenvalue weighted by Gasteiger charge is 2.14. The smallest absolute Gasteiger partial charge is 0.00791 e. The van der Waals surface area contributed by atoms with E-state index >= 15 is 0 Å². The van der Waals surface area contributed by atoms with Crippen LogP contribution in [0.15, 0.2) is 42.0 Å². The van der Waals surface area contributed by atoms with Gasteiger partial charge in [0.25, 0.3) is 0 Å². The Labute approximate surface area is 85.6 Å². The topological polar surface area (TPSA) is 26.0 Å². The SMILES string of the molecule is NC1CCC(=CCc2ccccc2)C1. The van der Waals surface area contributed by atoms with E-state index in [9.17, 15) is 0 Å². The van der Waals surface area contributed by atoms with Gasteiger partial charge < -0.3 is 5.73 Å². The number of hydrogen-bond acceptors (Lipinski definition) is 1. The molecule has 0 bridgehead atoms. The number of benzene rings is 1. The second-order valence-corrected chi connectivity index (χ2v) is 4.05. The molecule has 0 heterocycles. The fraction of sp³-hybridized carbons (Fsp3) is 0.385. The van der Waals surface area contributed by atoms with Crippen LogP contribution in [0.3, 0.4) is 0 Å². The van der Waals surface area contributed by atoms with Gasteiger partial charge in [0, 0.05) is 6.04 Å². The minimum atomic E-state index is 0.414. The van der Waals surface area contributed by atoms with Crippen LogP contribution in [0.4, 0.5) is 0 Å². The van der Waals surface area contributed by atoms with Crippen molar-refractivity contribution < 1.29 is 0 Å². The predicted molar refractivity (Wildman–Crippen MR) is 60.1 cm³/mol. The fourth-order valence-electron chi connectivity index (χ4n) is 1.97. The summed E-state index contributed by atoms with van der Waals surface area (Å²) in [6.07, 6.45) is 6.88. The summed E-state index contributed by atoms with van der Waals surface area (Å²) in [5, 5.41) is 0. The second kappa shape index (κ2) is 4.43. The molecule has 1 aromatic carbocycles. The highest BCUT2D eigenvalue weighted by Crippen LogP contribution is 2.23. The highest BCUT2D eigenvalue weighted by atomic mass is 14.6. The molecule has 1 aliphatic carbocycles. The molecule has 1 nitrogen and oxygen atoms in total. The Bertz CT molecular complexity index is 313. The third kappa shape index (κ3) is 2.46. The molecule has 2 rings (SSSR count). The molecule has 0 radical (unpaired) electrons. The Hall–Kier alpha value is -1.08. The molecule has 2 N–H and O–H groups in total. The van der Waals surface area contributed by atoms with E-state index in [1.165, 1.54) is 18.4 Å². The van der Waals surface area contributed by atoms with Gasteiger partial charge in [-0.05, 0) is 31.2 Å². The van der Waals surface area contributed by atoms with Crippen LogP contribution in [0.25, 0.3) is 0 Å². The van der Waals surface area contributed by atoms with Gasteiger partial charge in [-0.25, -0.2) is 0 Å². The zero-order chi connectivity index (χ0) is 9.80. The largest absolute Gasteiger partial charge is 0.327 e. The Morgan fingerprint density at radius 3 is 2.71 bits per heavy atom. The van der Waals surface area contributed by atoms with E-state index in [-0.39, 0.29) is 0 Å². The molecule has 1 fully saturated rings. The predicted octanol–water partition coefficient (Wildman–Crippen LogP) is 2.67. The van der Waals surface area contributed by atoms with E-state index in [1.807, 2.05) is 0 Å². The van der Waals surface area contributed by atoms with E-state index in [2.05, 4.69) is 36.4 Å². The van der Waals surface area contributed by atoms with E-state index in [4.69, 9.17) is 5.73 Å². The van der Waals surface area contributed by atoms with Gasteiger partial charge in [0.2, 0.25) is 0 Å². The molecule has 0 aliphatic heterocycles. The number of allylic oxidation sites excluding steroid dienone is 1. The Balaban J connectivity index is 1.94. The van der Waals surface area contributed by atoms with Gasteiger partial charge in [-0.3, -0.25) is 0 Å². The summed E-state index contributed by atoms with van der Waals surface area (Å²) in [4.78, 5) is 0. The molecule has 0 spiro atoms. The van der Waals surface area contributed by atoms with Gasteiger partial charge in [-0.15, -0.1) is 0 Å². The van der Waals surface area contributed by atoms with Crippen molar-refractivity contribution in [3.8, 4) is 0 Å². The maximum absolute atomic E-state index is 5.85. The summed E-state index contributed by atoms with van der Waals surface area (Å²) in [5.74, 6) is 0. The lowest BCUT2D eigenvalue weighted by molar-refractivity contribution is 0.711. The minimum Gasteiger partial charge on any atom is -0.327 e. The molecule has 1 aromatic rings. The molecule has 0 saturated heterocycles. The van der Waals surface area contributed by atoms with Gasteiger partial charge in [0.1, 0.15) is 0 Å². The first kappa shape index (κ1) is 9.47. The fourth-order valence-corrected chi connectivity index (χ4v) is 1.97. The Morgan fingerprint density at radius 1 is 1.29 bits per heavy atom. The lowest BCUT2D eigenvalue weighted by Crippen LogP contribution is -2.13. The van der Waals surface area contributed by atoms with Crippen LogP contribution in [0.5, 0.6) is 0 Å². The first-order valence-corrected chi connectivity index (χ1v) is 5.32. The van der Waals surface area contributed by atoms with Gasteiger partial charge in [0.15, 0.2) is 0 Å². The first-order chi connectivity index (χ1) is 6.84. The summed E-state index contributed by atoms with van der Waals surface area (Å²) in [7, 11) is 0. The lowest BCUT2D eigenvalue weighted by atomic mass is 10.1. The van der Waals surface area contributed by atoms with Crippen LogP contribution in [0.1, 0.15) is 24.8 Å². The van der Waals surface area contributed by atoms with Crippen molar-refractivity contribution >= 4 is 0 Å². The minimum absolute atomic E-state index is 0.414. The molecule has 1 saturated carbocycles. The molecule has 74 valence electrons. The number of nitrogens with two attached hydrogens (primary N) is 1. The highest BCUT2D eigenvalue weighted by molar-refractivity contribution is 5.20. The molecule has 0 amide bonds.